The summed E-state index contributed by atoms with van der Waals surface area (Å²) in [7, 11) is 1.86. The largest absolute Gasteiger partial charge is 0.362 e. The van der Waals surface area contributed by atoms with Crippen LogP contribution in [0.1, 0.15) is 19.3 Å². The van der Waals surface area contributed by atoms with Gasteiger partial charge in [0.15, 0.2) is 0 Å². The first-order chi connectivity index (χ1) is 14.7. The number of nitrogens with zero attached hydrogens (tertiary/aromatic N) is 3. The number of aromatic nitrogens is 2. The Labute approximate surface area is 176 Å². The Balaban J connectivity index is 1.56. The molecule has 158 valence electrons. The van der Waals surface area contributed by atoms with Crippen LogP contribution in [-0.4, -0.2) is 60.0 Å². The second kappa shape index (κ2) is 9.26. The van der Waals surface area contributed by atoms with Gasteiger partial charge in [-0.25, -0.2) is 0 Å². The van der Waals surface area contributed by atoms with Gasteiger partial charge in [0.2, 0.25) is 5.91 Å². The smallest absolute Gasteiger partial charge is 0.271 e. The fourth-order valence-corrected chi connectivity index (χ4v) is 4.00. The molecule has 7 nitrogen and oxygen atoms in total. The molecule has 0 radical (unpaired) electrons. The van der Waals surface area contributed by atoms with E-state index in [1.165, 1.54) is 12.8 Å². The van der Waals surface area contributed by atoms with Gasteiger partial charge in [-0.15, -0.1) is 0 Å². The van der Waals surface area contributed by atoms with Crippen LogP contribution in [0.2, 0.25) is 0 Å². The summed E-state index contributed by atoms with van der Waals surface area (Å²) in [4.78, 5) is 36.4. The SMILES string of the molecule is CNCC=CC(=O)N1CCC(N(CC2CC2)c2cc(-c3ccncc3)c[nH]c2=O)C1. The van der Waals surface area contributed by atoms with Gasteiger partial charge in [0.1, 0.15) is 5.69 Å². The van der Waals surface area contributed by atoms with Crippen LogP contribution in [0.25, 0.3) is 11.1 Å². The summed E-state index contributed by atoms with van der Waals surface area (Å²) >= 11 is 0. The number of anilines is 1. The highest BCUT2D eigenvalue weighted by molar-refractivity contribution is 5.88. The third-order valence-electron chi connectivity index (χ3n) is 5.86. The zero-order valence-electron chi connectivity index (χ0n) is 17.4. The maximum absolute atomic E-state index is 12.8. The van der Waals surface area contributed by atoms with E-state index in [-0.39, 0.29) is 17.5 Å². The maximum atomic E-state index is 12.8. The number of hydrogen-bond acceptors (Lipinski definition) is 5. The first kappa shape index (κ1) is 20.3. The van der Waals surface area contributed by atoms with Gasteiger partial charge in [0, 0.05) is 62.5 Å². The van der Waals surface area contributed by atoms with E-state index in [0.29, 0.717) is 24.7 Å². The van der Waals surface area contributed by atoms with Gasteiger partial charge in [-0.05, 0) is 56.0 Å². The molecule has 2 N–H and O–H groups in total. The van der Waals surface area contributed by atoms with Gasteiger partial charge >= 0.3 is 0 Å². The van der Waals surface area contributed by atoms with Gasteiger partial charge in [0.25, 0.3) is 5.56 Å². The summed E-state index contributed by atoms with van der Waals surface area (Å²) in [6, 6.07) is 6.01. The molecular formula is C23H29N5O2. The van der Waals surface area contributed by atoms with E-state index in [0.717, 1.165) is 30.6 Å². The molecule has 0 bridgehead atoms. The summed E-state index contributed by atoms with van der Waals surface area (Å²) in [5.74, 6) is 0.674. The molecule has 2 aliphatic rings. The normalized spacial score (nSPS) is 18.8. The lowest BCUT2D eigenvalue weighted by molar-refractivity contribution is -0.125. The molecule has 3 heterocycles. The molecule has 0 aromatic carbocycles. The number of aromatic amines is 1. The predicted molar refractivity (Wildman–Crippen MR) is 118 cm³/mol. The predicted octanol–water partition coefficient (Wildman–Crippen LogP) is 2.03. The van der Waals surface area contributed by atoms with Crippen molar-refractivity contribution in [3.63, 3.8) is 0 Å². The molecule has 2 aromatic rings. The van der Waals surface area contributed by atoms with Gasteiger partial charge in [-0.2, -0.15) is 0 Å². The fraction of sp³-hybridized carbons (Fsp3) is 0.435. The fourth-order valence-electron chi connectivity index (χ4n) is 4.00. The molecule has 30 heavy (non-hydrogen) atoms. The number of rotatable bonds is 8. The lowest BCUT2D eigenvalue weighted by Crippen LogP contribution is -2.42. The lowest BCUT2D eigenvalue weighted by atomic mass is 10.1. The molecule has 4 rings (SSSR count). The molecule has 1 saturated carbocycles. The molecule has 1 aliphatic heterocycles. The molecule has 7 heteroatoms. The third kappa shape index (κ3) is 4.79. The Bertz CT molecular complexity index is 952. The van der Waals surface area contributed by atoms with E-state index in [4.69, 9.17) is 0 Å². The quantitative estimate of drug-likeness (QED) is 0.655. The highest BCUT2D eigenvalue weighted by Gasteiger charge is 2.34. The van der Waals surface area contributed by atoms with Crippen molar-refractivity contribution < 1.29 is 4.79 Å². The van der Waals surface area contributed by atoms with E-state index < -0.39 is 0 Å². The summed E-state index contributed by atoms with van der Waals surface area (Å²) < 4.78 is 0. The Morgan fingerprint density at radius 3 is 2.83 bits per heavy atom. The number of carbonyl (C=O) groups is 1. The Morgan fingerprint density at radius 1 is 1.30 bits per heavy atom. The molecular weight excluding hydrogens is 378 g/mol. The summed E-state index contributed by atoms with van der Waals surface area (Å²) in [6.45, 7) is 2.91. The van der Waals surface area contributed by atoms with Crippen molar-refractivity contribution in [3.8, 4) is 11.1 Å². The van der Waals surface area contributed by atoms with Crippen LogP contribution in [0.3, 0.4) is 0 Å². The van der Waals surface area contributed by atoms with Crippen LogP contribution in [0.15, 0.2) is 53.7 Å². The Morgan fingerprint density at radius 2 is 2.10 bits per heavy atom. The Hall–Kier alpha value is -2.93. The van der Waals surface area contributed by atoms with Crippen molar-refractivity contribution in [1.82, 2.24) is 20.2 Å². The van der Waals surface area contributed by atoms with E-state index >= 15 is 0 Å². The van der Waals surface area contributed by atoms with E-state index in [9.17, 15) is 9.59 Å². The molecule has 1 amide bonds. The number of carbonyl (C=O) groups excluding carboxylic acids is 1. The van der Waals surface area contributed by atoms with Gasteiger partial charge < -0.3 is 20.1 Å². The zero-order chi connectivity index (χ0) is 20.9. The number of H-pyrrole nitrogens is 1. The first-order valence-electron chi connectivity index (χ1n) is 10.7. The van der Waals surface area contributed by atoms with Crippen molar-refractivity contribution in [1.29, 1.82) is 0 Å². The number of likely N-dealkylation sites (N-methyl/N-ethyl adjacent to an activating group) is 1. The second-order valence-corrected chi connectivity index (χ2v) is 8.12. The minimum atomic E-state index is -0.0767. The standard InChI is InChI=1S/C23H29N5O2/c1-24-9-2-3-22(29)27-12-8-20(16-27)28(15-17-4-5-17)21-13-19(14-26-23(21)30)18-6-10-25-11-7-18/h2-3,6-7,10-11,13-14,17,20,24H,4-5,8-9,12,15-16H2,1H3,(H,26,30). The first-order valence-corrected chi connectivity index (χ1v) is 10.7. The minimum Gasteiger partial charge on any atom is -0.362 e. The molecule has 1 atom stereocenters. The summed E-state index contributed by atoms with van der Waals surface area (Å²) in [6.07, 6.45) is 12.0. The van der Waals surface area contributed by atoms with Crippen LogP contribution in [0.4, 0.5) is 5.69 Å². The van der Waals surface area contributed by atoms with Crippen LogP contribution in [0.5, 0.6) is 0 Å². The van der Waals surface area contributed by atoms with Crippen LogP contribution in [-0.2, 0) is 4.79 Å². The van der Waals surface area contributed by atoms with Crippen LogP contribution >= 0.6 is 0 Å². The average Bonchev–Trinajstić information content (AvgIpc) is 3.46. The number of hydrogen-bond donors (Lipinski definition) is 2. The highest BCUT2D eigenvalue weighted by Crippen LogP contribution is 2.33. The molecule has 0 spiro atoms. The average molecular weight is 408 g/mol. The lowest BCUT2D eigenvalue weighted by Gasteiger charge is -2.31. The minimum absolute atomic E-state index is 0.0403. The molecule has 1 unspecified atom stereocenters. The Kier molecular flexibility index (Phi) is 6.28. The van der Waals surface area contributed by atoms with Crippen molar-refractivity contribution in [3.05, 3.63) is 59.3 Å². The maximum Gasteiger partial charge on any atom is 0.271 e. The van der Waals surface area contributed by atoms with E-state index in [2.05, 4.69) is 20.2 Å². The number of likely N-dealkylation sites (tertiary alicyclic amines) is 1. The van der Waals surface area contributed by atoms with Crippen molar-refractivity contribution in [2.24, 2.45) is 5.92 Å². The van der Waals surface area contributed by atoms with Gasteiger partial charge in [-0.3, -0.25) is 14.6 Å². The number of pyridine rings is 2. The molecule has 1 aliphatic carbocycles. The highest BCUT2D eigenvalue weighted by atomic mass is 16.2. The van der Waals surface area contributed by atoms with Crippen LogP contribution in [0, 0.1) is 5.92 Å². The molecule has 2 fully saturated rings. The summed E-state index contributed by atoms with van der Waals surface area (Å²) in [5, 5.41) is 3.01. The number of amides is 1. The topological polar surface area (TPSA) is 81.3 Å². The van der Waals surface area contributed by atoms with E-state index in [1.54, 1.807) is 24.7 Å². The monoisotopic (exact) mass is 407 g/mol. The molecule has 2 aromatic heterocycles. The molecule has 1 saturated heterocycles. The van der Waals surface area contributed by atoms with Gasteiger partial charge in [0.05, 0.1) is 0 Å². The number of nitrogens with one attached hydrogen (secondary N) is 2. The van der Waals surface area contributed by atoms with Crippen molar-refractivity contribution >= 4 is 11.6 Å². The summed E-state index contributed by atoms with van der Waals surface area (Å²) in [5.41, 5.74) is 2.61. The van der Waals surface area contributed by atoms with Crippen LogP contribution < -0.4 is 15.8 Å². The van der Waals surface area contributed by atoms with Gasteiger partial charge in [-0.1, -0.05) is 6.08 Å². The van der Waals surface area contributed by atoms with E-state index in [1.807, 2.05) is 36.2 Å². The second-order valence-electron chi connectivity index (χ2n) is 8.12. The zero-order valence-corrected chi connectivity index (χ0v) is 17.4. The third-order valence-corrected chi connectivity index (χ3v) is 5.86. The van der Waals surface area contributed by atoms with Crippen molar-refractivity contribution in [2.45, 2.75) is 25.3 Å². The van der Waals surface area contributed by atoms with Crippen molar-refractivity contribution in [2.75, 3.05) is 38.1 Å².